The number of ether oxygens (including phenoxy) is 1. The van der Waals surface area contributed by atoms with Gasteiger partial charge in [-0.25, -0.2) is 4.39 Å². The van der Waals surface area contributed by atoms with Crippen LogP contribution in [0.4, 0.5) is 4.39 Å². The van der Waals surface area contributed by atoms with E-state index in [0.29, 0.717) is 18.2 Å². The van der Waals surface area contributed by atoms with E-state index in [1.54, 1.807) is 13.2 Å². The van der Waals surface area contributed by atoms with E-state index in [-0.39, 0.29) is 5.82 Å². The average Bonchev–Trinajstić information content (AvgIpc) is 2.46. The average molecular weight is 273 g/mol. The molecule has 2 aromatic carbocycles. The Kier molecular flexibility index (Phi) is 4.74. The third-order valence-corrected chi connectivity index (χ3v) is 3.17. The molecule has 1 N–H and O–H groups in total. The highest BCUT2D eigenvalue weighted by atomic mass is 19.1. The topological polar surface area (TPSA) is 21.3 Å². The van der Waals surface area contributed by atoms with Crippen LogP contribution in [0.1, 0.15) is 19.4 Å². The van der Waals surface area contributed by atoms with E-state index in [1.807, 2.05) is 44.2 Å². The lowest BCUT2D eigenvalue weighted by Gasteiger charge is -2.11. The molecule has 0 heterocycles. The minimum absolute atomic E-state index is 0.171. The molecule has 106 valence electrons. The maximum atomic E-state index is 13.8. The van der Waals surface area contributed by atoms with Gasteiger partial charge in [0.25, 0.3) is 0 Å². The molecule has 0 radical (unpaired) electrons. The van der Waals surface area contributed by atoms with Crippen molar-refractivity contribution in [1.82, 2.24) is 5.32 Å². The van der Waals surface area contributed by atoms with E-state index in [2.05, 4.69) is 5.32 Å². The fourth-order valence-corrected chi connectivity index (χ4v) is 1.99. The van der Waals surface area contributed by atoms with Crippen molar-refractivity contribution in [3.8, 4) is 16.9 Å². The summed E-state index contributed by atoms with van der Waals surface area (Å²) in [5.41, 5.74) is 2.75. The van der Waals surface area contributed by atoms with Crippen molar-refractivity contribution in [2.45, 2.75) is 26.4 Å². The van der Waals surface area contributed by atoms with E-state index >= 15 is 0 Å². The fourth-order valence-electron chi connectivity index (χ4n) is 1.99. The summed E-state index contributed by atoms with van der Waals surface area (Å²) >= 11 is 0. The number of benzene rings is 2. The molecule has 0 aliphatic rings. The maximum absolute atomic E-state index is 13.8. The van der Waals surface area contributed by atoms with E-state index in [9.17, 15) is 4.39 Å². The molecule has 0 aliphatic carbocycles. The molecule has 0 unspecified atom stereocenters. The summed E-state index contributed by atoms with van der Waals surface area (Å²) in [5, 5.41) is 3.24. The van der Waals surface area contributed by atoms with Gasteiger partial charge in [-0.3, -0.25) is 0 Å². The molecule has 0 amide bonds. The second kappa shape index (κ2) is 6.53. The highest BCUT2D eigenvalue weighted by Crippen LogP contribution is 2.24. The van der Waals surface area contributed by atoms with Crippen LogP contribution in [-0.4, -0.2) is 13.2 Å². The molecular weight excluding hydrogens is 253 g/mol. The van der Waals surface area contributed by atoms with Crippen molar-refractivity contribution in [3.05, 3.63) is 53.8 Å². The van der Waals surface area contributed by atoms with Crippen LogP contribution >= 0.6 is 0 Å². The summed E-state index contributed by atoms with van der Waals surface area (Å²) in [7, 11) is 1.64. The monoisotopic (exact) mass is 273 g/mol. The third kappa shape index (κ3) is 3.58. The Bertz CT molecular complexity index is 564. The van der Waals surface area contributed by atoms with Crippen molar-refractivity contribution in [1.29, 1.82) is 0 Å². The van der Waals surface area contributed by atoms with E-state index < -0.39 is 0 Å². The van der Waals surface area contributed by atoms with Gasteiger partial charge in [-0.2, -0.15) is 0 Å². The number of hydrogen-bond acceptors (Lipinski definition) is 2. The SMILES string of the molecule is COc1ccc(-c2ccc(F)c(CNC(C)C)c2)cc1. The third-order valence-electron chi connectivity index (χ3n) is 3.17. The van der Waals surface area contributed by atoms with Crippen LogP contribution in [-0.2, 0) is 6.54 Å². The molecule has 0 atom stereocenters. The molecule has 0 saturated carbocycles. The first-order chi connectivity index (χ1) is 9.60. The molecule has 0 aromatic heterocycles. The van der Waals surface area contributed by atoms with Crippen molar-refractivity contribution < 1.29 is 9.13 Å². The predicted octanol–water partition coefficient (Wildman–Crippen LogP) is 4.00. The van der Waals surface area contributed by atoms with Crippen LogP contribution < -0.4 is 10.1 Å². The van der Waals surface area contributed by atoms with E-state index in [0.717, 1.165) is 16.9 Å². The first-order valence-electron chi connectivity index (χ1n) is 6.76. The lowest BCUT2D eigenvalue weighted by Crippen LogP contribution is -2.22. The molecule has 3 heteroatoms. The molecule has 0 fully saturated rings. The highest BCUT2D eigenvalue weighted by molar-refractivity contribution is 5.65. The second-order valence-electron chi connectivity index (χ2n) is 5.07. The Labute approximate surface area is 119 Å². The zero-order valence-corrected chi connectivity index (χ0v) is 12.1. The van der Waals surface area contributed by atoms with Gasteiger partial charge >= 0.3 is 0 Å². The Hall–Kier alpha value is -1.87. The zero-order valence-electron chi connectivity index (χ0n) is 12.1. The molecule has 0 bridgehead atoms. The fraction of sp³-hybridized carbons (Fsp3) is 0.294. The predicted molar refractivity (Wildman–Crippen MR) is 80.4 cm³/mol. The number of halogens is 1. The quantitative estimate of drug-likeness (QED) is 0.889. The number of hydrogen-bond donors (Lipinski definition) is 1. The summed E-state index contributed by atoms with van der Waals surface area (Å²) in [6.07, 6.45) is 0. The van der Waals surface area contributed by atoms with Crippen LogP contribution in [0.25, 0.3) is 11.1 Å². The smallest absolute Gasteiger partial charge is 0.127 e. The Morgan fingerprint density at radius 1 is 1.05 bits per heavy atom. The van der Waals surface area contributed by atoms with Crippen molar-refractivity contribution >= 4 is 0 Å². The minimum atomic E-state index is -0.171. The molecule has 2 rings (SSSR count). The summed E-state index contributed by atoms with van der Waals surface area (Å²) in [6, 6.07) is 13.3. The van der Waals surface area contributed by atoms with Gasteiger partial charge < -0.3 is 10.1 Å². The Balaban J connectivity index is 2.25. The summed E-state index contributed by atoms with van der Waals surface area (Å²) in [5.74, 6) is 0.646. The first kappa shape index (κ1) is 14.5. The minimum Gasteiger partial charge on any atom is -0.497 e. The Morgan fingerprint density at radius 2 is 1.70 bits per heavy atom. The largest absolute Gasteiger partial charge is 0.497 e. The van der Waals surface area contributed by atoms with Crippen LogP contribution in [0.15, 0.2) is 42.5 Å². The van der Waals surface area contributed by atoms with E-state index in [4.69, 9.17) is 4.74 Å². The summed E-state index contributed by atoms with van der Waals surface area (Å²) in [6.45, 7) is 4.63. The summed E-state index contributed by atoms with van der Waals surface area (Å²) < 4.78 is 18.9. The number of rotatable bonds is 5. The van der Waals surface area contributed by atoms with Gasteiger partial charge in [0.2, 0.25) is 0 Å². The second-order valence-corrected chi connectivity index (χ2v) is 5.07. The molecular formula is C17H20FNO. The van der Waals surface area contributed by atoms with Crippen LogP contribution in [0.2, 0.25) is 0 Å². The lowest BCUT2D eigenvalue weighted by atomic mass is 10.0. The van der Waals surface area contributed by atoms with Gasteiger partial charge in [0.05, 0.1) is 7.11 Å². The van der Waals surface area contributed by atoms with Gasteiger partial charge in [-0.1, -0.05) is 32.0 Å². The van der Waals surface area contributed by atoms with E-state index in [1.165, 1.54) is 6.07 Å². The normalized spacial score (nSPS) is 10.8. The van der Waals surface area contributed by atoms with Crippen molar-refractivity contribution in [3.63, 3.8) is 0 Å². The van der Waals surface area contributed by atoms with Crippen LogP contribution in [0, 0.1) is 5.82 Å². The van der Waals surface area contributed by atoms with Gasteiger partial charge in [-0.15, -0.1) is 0 Å². The first-order valence-corrected chi connectivity index (χ1v) is 6.76. The van der Waals surface area contributed by atoms with Crippen LogP contribution in [0.5, 0.6) is 5.75 Å². The van der Waals surface area contributed by atoms with Crippen molar-refractivity contribution in [2.24, 2.45) is 0 Å². The molecule has 0 aliphatic heterocycles. The Morgan fingerprint density at radius 3 is 2.30 bits per heavy atom. The van der Waals surface area contributed by atoms with Crippen molar-refractivity contribution in [2.75, 3.05) is 7.11 Å². The van der Waals surface area contributed by atoms with Gasteiger partial charge in [0.1, 0.15) is 11.6 Å². The standard InChI is InChI=1S/C17H20FNO/c1-12(2)19-11-15-10-14(6-9-17(15)18)13-4-7-16(20-3)8-5-13/h4-10,12,19H,11H2,1-3H3. The van der Waals surface area contributed by atoms with Gasteiger partial charge in [-0.05, 0) is 35.4 Å². The maximum Gasteiger partial charge on any atom is 0.127 e. The number of methoxy groups -OCH3 is 1. The molecule has 2 nitrogen and oxygen atoms in total. The van der Waals surface area contributed by atoms with Crippen LogP contribution in [0.3, 0.4) is 0 Å². The molecule has 0 spiro atoms. The summed E-state index contributed by atoms with van der Waals surface area (Å²) in [4.78, 5) is 0. The lowest BCUT2D eigenvalue weighted by molar-refractivity contribution is 0.415. The molecule has 20 heavy (non-hydrogen) atoms. The zero-order chi connectivity index (χ0) is 14.5. The highest BCUT2D eigenvalue weighted by Gasteiger charge is 2.06. The molecule has 0 saturated heterocycles. The number of nitrogens with one attached hydrogen (secondary N) is 1. The van der Waals surface area contributed by atoms with Gasteiger partial charge in [0.15, 0.2) is 0 Å². The molecule has 2 aromatic rings. The van der Waals surface area contributed by atoms with Gasteiger partial charge in [0, 0.05) is 18.2 Å².